The molecule has 0 unspecified atom stereocenters. The molecule has 0 saturated carbocycles. The molecule has 220 valence electrons. The number of fused-ring (bicyclic) bond motifs is 1. The molecule has 0 spiro atoms. The summed E-state index contributed by atoms with van der Waals surface area (Å²) < 4.78 is 8.46. The third-order valence-corrected chi connectivity index (χ3v) is 7.79. The molecule has 1 aromatic carbocycles. The first-order valence-corrected chi connectivity index (χ1v) is 13.9. The van der Waals surface area contributed by atoms with E-state index in [1.54, 1.807) is 26.4 Å². The molecule has 1 saturated heterocycles. The molecule has 1 fully saturated rings. The van der Waals surface area contributed by atoms with Crippen molar-refractivity contribution in [3.05, 3.63) is 69.4 Å². The fraction of sp³-hybridized carbons (Fsp3) is 0.345. The summed E-state index contributed by atoms with van der Waals surface area (Å²) in [6, 6.07) is 10.5. The lowest BCUT2D eigenvalue weighted by atomic mass is 10.0. The van der Waals surface area contributed by atoms with Gasteiger partial charge in [-0.25, -0.2) is 9.50 Å². The zero-order chi connectivity index (χ0) is 30.0. The molecule has 42 heavy (non-hydrogen) atoms. The number of methoxy groups -OCH3 is 1. The summed E-state index contributed by atoms with van der Waals surface area (Å²) in [5.41, 5.74) is 3.69. The van der Waals surface area contributed by atoms with E-state index >= 15 is 0 Å². The van der Waals surface area contributed by atoms with Crippen LogP contribution in [0.4, 0.5) is 0 Å². The first kappa shape index (κ1) is 29.2. The van der Waals surface area contributed by atoms with Gasteiger partial charge in [-0.15, -0.1) is 0 Å². The van der Waals surface area contributed by atoms with Crippen molar-refractivity contribution in [2.45, 2.75) is 44.9 Å². The number of nitrogens with one attached hydrogen (secondary N) is 3. The van der Waals surface area contributed by atoms with Gasteiger partial charge in [0.15, 0.2) is 0 Å². The van der Waals surface area contributed by atoms with Crippen LogP contribution >= 0.6 is 11.6 Å². The minimum Gasteiger partial charge on any atom is -0.481 e. The Bertz CT molecular complexity index is 1720. The van der Waals surface area contributed by atoms with Crippen molar-refractivity contribution in [1.82, 2.24) is 35.1 Å². The van der Waals surface area contributed by atoms with Crippen LogP contribution < -0.4 is 26.2 Å². The minimum atomic E-state index is -0.993. The Hall–Kier alpha value is -4.26. The average Bonchev–Trinajstić information content (AvgIpc) is 3.60. The lowest BCUT2D eigenvalue weighted by molar-refractivity contribution is -0.139. The first-order chi connectivity index (χ1) is 20.2. The number of carbonyl (C=O) groups excluding carboxylic acids is 1. The predicted octanol–water partition coefficient (Wildman–Crippen LogP) is 2.35. The molecule has 13 heteroatoms. The summed E-state index contributed by atoms with van der Waals surface area (Å²) in [5, 5.41) is 23.3. The molecule has 3 aromatic heterocycles. The quantitative estimate of drug-likeness (QED) is 0.205. The van der Waals surface area contributed by atoms with Gasteiger partial charge in [-0.3, -0.25) is 24.3 Å². The van der Waals surface area contributed by atoms with Crippen LogP contribution in [0.5, 0.6) is 5.88 Å². The fourth-order valence-corrected chi connectivity index (χ4v) is 5.23. The van der Waals surface area contributed by atoms with Gasteiger partial charge in [0, 0.05) is 61.1 Å². The maximum Gasteiger partial charge on any atom is 0.320 e. The van der Waals surface area contributed by atoms with E-state index in [2.05, 4.69) is 21.0 Å². The molecule has 1 aliphatic heterocycles. The van der Waals surface area contributed by atoms with Gasteiger partial charge in [-0.1, -0.05) is 35.9 Å². The van der Waals surface area contributed by atoms with Crippen LogP contribution in [-0.2, 0) is 29.7 Å². The van der Waals surface area contributed by atoms with Crippen LogP contribution in [0.3, 0.4) is 0 Å². The highest BCUT2D eigenvalue weighted by Gasteiger charge is 2.21. The van der Waals surface area contributed by atoms with E-state index in [1.165, 1.54) is 16.0 Å². The van der Waals surface area contributed by atoms with E-state index in [0.29, 0.717) is 64.1 Å². The molecule has 1 amide bonds. The Morgan fingerprint density at radius 1 is 1.24 bits per heavy atom. The third-order valence-electron chi connectivity index (χ3n) is 7.38. The molecular weight excluding hydrogens is 562 g/mol. The van der Waals surface area contributed by atoms with E-state index in [9.17, 15) is 14.4 Å². The fourth-order valence-electron chi connectivity index (χ4n) is 4.90. The van der Waals surface area contributed by atoms with Gasteiger partial charge in [0.2, 0.25) is 11.8 Å². The van der Waals surface area contributed by atoms with Crippen molar-refractivity contribution in [3.63, 3.8) is 0 Å². The number of aliphatic carboxylic acids is 1. The Morgan fingerprint density at radius 3 is 2.74 bits per heavy atom. The number of aromatic nitrogens is 4. The van der Waals surface area contributed by atoms with Gasteiger partial charge >= 0.3 is 5.97 Å². The van der Waals surface area contributed by atoms with Gasteiger partial charge in [0.05, 0.1) is 24.4 Å². The minimum absolute atomic E-state index is 0.0846. The normalized spacial score (nSPS) is 15.6. The standard InChI is InChI=1S/C29H32ClN7O5/c1-16(29(40)41)32-14-24-35-37-15-18(11-23(37)28(39)36(24)2)20-5-4-6-21(26(20)30)22-9-7-17(27(34-22)42-3)12-31-13-19-8-10-25(38)33-19/h4-7,9,11,15-16,19,31-32H,8,10,12-14H2,1-3H3,(H,33,38)(H,40,41)/t16-,19-/m1/s1. The van der Waals surface area contributed by atoms with Gasteiger partial charge in [-0.2, -0.15) is 5.10 Å². The number of hydrogen-bond donors (Lipinski definition) is 4. The maximum atomic E-state index is 13.1. The van der Waals surface area contributed by atoms with Crippen molar-refractivity contribution < 1.29 is 19.4 Å². The zero-order valence-corrected chi connectivity index (χ0v) is 24.2. The van der Waals surface area contributed by atoms with E-state index in [1.807, 2.05) is 30.3 Å². The van der Waals surface area contributed by atoms with Gasteiger partial charge in [0.25, 0.3) is 5.56 Å². The molecule has 0 bridgehead atoms. The monoisotopic (exact) mass is 593 g/mol. The highest BCUT2D eigenvalue weighted by atomic mass is 35.5. The van der Waals surface area contributed by atoms with Crippen LogP contribution in [-0.4, -0.2) is 61.9 Å². The molecule has 4 aromatic rings. The van der Waals surface area contributed by atoms with Crippen molar-refractivity contribution >= 4 is 29.0 Å². The SMILES string of the molecule is COc1nc(-c2cccc(-c3cc4c(=O)n(C)c(CN[C@H](C)C(=O)O)nn4c3)c2Cl)ccc1CNC[C@H]1CCC(=O)N1. The number of hydrogen-bond acceptors (Lipinski definition) is 8. The highest BCUT2D eigenvalue weighted by Crippen LogP contribution is 2.37. The molecule has 12 nitrogen and oxygen atoms in total. The van der Waals surface area contributed by atoms with E-state index in [-0.39, 0.29) is 24.1 Å². The van der Waals surface area contributed by atoms with Crippen LogP contribution in [0.15, 0.2) is 47.4 Å². The molecule has 0 aliphatic carbocycles. The van der Waals surface area contributed by atoms with Crippen LogP contribution in [0.1, 0.15) is 31.2 Å². The number of carboxylic acids is 1. The predicted molar refractivity (Wildman–Crippen MR) is 157 cm³/mol. The van der Waals surface area contributed by atoms with E-state index < -0.39 is 12.0 Å². The average molecular weight is 594 g/mol. The van der Waals surface area contributed by atoms with E-state index in [4.69, 9.17) is 26.4 Å². The van der Waals surface area contributed by atoms with Gasteiger partial charge in [0.1, 0.15) is 17.4 Å². The van der Waals surface area contributed by atoms with Crippen molar-refractivity contribution in [3.8, 4) is 28.3 Å². The molecule has 5 rings (SSSR count). The molecular formula is C29H32ClN7O5. The largest absolute Gasteiger partial charge is 0.481 e. The number of nitrogens with zero attached hydrogens (tertiary/aromatic N) is 4. The molecule has 4 heterocycles. The van der Waals surface area contributed by atoms with Crippen LogP contribution in [0, 0.1) is 0 Å². The third kappa shape index (κ3) is 6.01. The summed E-state index contributed by atoms with van der Waals surface area (Å²) in [6.07, 6.45) is 3.10. The maximum absolute atomic E-state index is 13.1. The topological polar surface area (TPSA) is 152 Å². The molecule has 0 radical (unpaired) electrons. The molecule has 1 aliphatic rings. The first-order valence-electron chi connectivity index (χ1n) is 13.5. The Morgan fingerprint density at radius 2 is 2.02 bits per heavy atom. The van der Waals surface area contributed by atoms with Gasteiger partial charge < -0.3 is 20.5 Å². The number of halogens is 1. The second-order valence-corrected chi connectivity index (χ2v) is 10.6. The number of rotatable bonds is 11. The van der Waals surface area contributed by atoms with Crippen molar-refractivity contribution in [2.24, 2.45) is 7.05 Å². The number of carbonyl (C=O) groups is 2. The second kappa shape index (κ2) is 12.3. The number of carboxylic acid groups (broad SMARTS) is 1. The smallest absolute Gasteiger partial charge is 0.320 e. The zero-order valence-electron chi connectivity index (χ0n) is 23.5. The molecule has 2 atom stereocenters. The summed E-state index contributed by atoms with van der Waals surface area (Å²) in [4.78, 5) is 40.4. The molecule has 4 N–H and O–H groups in total. The van der Waals surface area contributed by atoms with Gasteiger partial charge in [-0.05, 0) is 25.5 Å². The van der Waals surface area contributed by atoms with Crippen LogP contribution in [0.2, 0.25) is 5.02 Å². The lowest BCUT2D eigenvalue weighted by Crippen LogP contribution is -2.36. The van der Waals surface area contributed by atoms with E-state index in [0.717, 1.165) is 12.0 Å². The van der Waals surface area contributed by atoms with Crippen molar-refractivity contribution in [1.29, 1.82) is 0 Å². The van der Waals surface area contributed by atoms with Crippen LogP contribution in [0.25, 0.3) is 27.9 Å². The summed E-state index contributed by atoms with van der Waals surface area (Å²) in [7, 11) is 3.17. The number of benzene rings is 1. The summed E-state index contributed by atoms with van der Waals surface area (Å²) in [5.74, 6) is -0.0479. The number of amides is 1. The Kier molecular flexibility index (Phi) is 8.57. The van der Waals surface area contributed by atoms with Crippen molar-refractivity contribution in [2.75, 3.05) is 13.7 Å². The number of pyridine rings is 1. The Balaban J connectivity index is 1.40. The summed E-state index contributed by atoms with van der Waals surface area (Å²) >= 11 is 6.92. The highest BCUT2D eigenvalue weighted by molar-refractivity contribution is 6.36. The number of ether oxygens (including phenoxy) is 1. The summed E-state index contributed by atoms with van der Waals surface area (Å²) in [6.45, 7) is 2.82. The second-order valence-electron chi connectivity index (χ2n) is 10.2. The Labute approximate surface area is 246 Å². The lowest BCUT2D eigenvalue weighted by Gasteiger charge is -2.14.